The first kappa shape index (κ1) is 24.4. The summed E-state index contributed by atoms with van der Waals surface area (Å²) in [6.45, 7) is 0. The molecule has 0 spiro atoms. The van der Waals surface area contributed by atoms with Crippen LogP contribution in [0.1, 0.15) is 11.5 Å². The SMILES string of the molecule is COC(=O)C1C(=O)NC(SCC(=O)Nc2ccc(Br)cc2)=C(C#N)C1c1ccccc1OC. The van der Waals surface area contributed by atoms with Crippen LogP contribution in [0.4, 0.5) is 5.69 Å². The third kappa shape index (κ3) is 5.56. The highest BCUT2D eigenvalue weighted by molar-refractivity contribution is 9.10. The van der Waals surface area contributed by atoms with Crippen LogP contribution in [0.2, 0.25) is 0 Å². The van der Waals surface area contributed by atoms with Crippen LogP contribution in [-0.4, -0.2) is 37.8 Å². The molecule has 2 atom stereocenters. The smallest absolute Gasteiger partial charge is 0.319 e. The molecular weight excluding hydrogens is 510 g/mol. The average molecular weight is 530 g/mol. The topological polar surface area (TPSA) is 118 Å². The van der Waals surface area contributed by atoms with Crippen molar-refractivity contribution < 1.29 is 23.9 Å². The van der Waals surface area contributed by atoms with Crippen LogP contribution in [0.3, 0.4) is 0 Å². The molecule has 2 unspecified atom stereocenters. The molecule has 0 aliphatic carbocycles. The number of para-hydroxylation sites is 1. The van der Waals surface area contributed by atoms with Gasteiger partial charge in [0, 0.05) is 21.6 Å². The van der Waals surface area contributed by atoms with Crippen molar-refractivity contribution in [2.75, 3.05) is 25.3 Å². The maximum atomic E-state index is 12.9. The van der Waals surface area contributed by atoms with Gasteiger partial charge in [-0.15, -0.1) is 0 Å². The summed E-state index contributed by atoms with van der Waals surface area (Å²) in [5.41, 5.74) is 1.26. The zero-order chi connectivity index (χ0) is 24.0. The summed E-state index contributed by atoms with van der Waals surface area (Å²) >= 11 is 4.34. The quantitative estimate of drug-likeness (QED) is 0.415. The van der Waals surface area contributed by atoms with E-state index in [1.807, 2.05) is 0 Å². The number of carbonyl (C=O) groups excluding carboxylic acids is 3. The lowest BCUT2D eigenvalue weighted by atomic mass is 9.78. The van der Waals surface area contributed by atoms with E-state index < -0.39 is 23.7 Å². The van der Waals surface area contributed by atoms with Gasteiger partial charge in [-0.1, -0.05) is 45.9 Å². The number of anilines is 1. The van der Waals surface area contributed by atoms with E-state index in [2.05, 4.69) is 32.6 Å². The number of amides is 2. The predicted octanol–water partition coefficient (Wildman–Crippen LogP) is 3.57. The summed E-state index contributed by atoms with van der Waals surface area (Å²) in [6.07, 6.45) is 0. The molecule has 0 fully saturated rings. The highest BCUT2D eigenvalue weighted by Gasteiger charge is 2.45. The normalized spacial score (nSPS) is 17.6. The Labute approximate surface area is 203 Å². The second kappa shape index (κ2) is 11.0. The van der Waals surface area contributed by atoms with Gasteiger partial charge in [0.25, 0.3) is 0 Å². The van der Waals surface area contributed by atoms with Gasteiger partial charge in [-0.3, -0.25) is 14.4 Å². The molecule has 10 heteroatoms. The van der Waals surface area contributed by atoms with E-state index in [9.17, 15) is 19.6 Å². The number of hydrogen-bond acceptors (Lipinski definition) is 7. The molecule has 33 heavy (non-hydrogen) atoms. The fourth-order valence-corrected chi connectivity index (χ4v) is 4.56. The average Bonchev–Trinajstić information content (AvgIpc) is 2.83. The molecule has 0 aromatic heterocycles. The van der Waals surface area contributed by atoms with Gasteiger partial charge in [-0.25, -0.2) is 0 Å². The van der Waals surface area contributed by atoms with Gasteiger partial charge in [-0.2, -0.15) is 5.26 Å². The number of hydrogen-bond donors (Lipinski definition) is 2. The molecule has 0 saturated carbocycles. The molecule has 170 valence electrons. The van der Waals surface area contributed by atoms with Crippen molar-refractivity contribution in [3.8, 4) is 11.8 Å². The predicted molar refractivity (Wildman–Crippen MR) is 127 cm³/mol. The maximum absolute atomic E-state index is 12.9. The fourth-order valence-electron chi connectivity index (χ4n) is 3.45. The molecular formula is C23H20BrN3O5S. The molecule has 1 aliphatic rings. The molecule has 1 heterocycles. The summed E-state index contributed by atoms with van der Waals surface area (Å²) in [5.74, 6) is -3.54. The molecule has 0 saturated heterocycles. The van der Waals surface area contributed by atoms with Crippen LogP contribution in [0, 0.1) is 17.2 Å². The molecule has 2 N–H and O–H groups in total. The van der Waals surface area contributed by atoms with Crippen LogP contribution in [0.5, 0.6) is 5.75 Å². The second-order valence-electron chi connectivity index (χ2n) is 6.91. The van der Waals surface area contributed by atoms with E-state index in [-0.39, 0.29) is 22.3 Å². The second-order valence-corrected chi connectivity index (χ2v) is 8.81. The number of esters is 1. The van der Waals surface area contributed by atoms with Gasteiger partial charge < -0.3 is 20.1 Å². The van der Waals surface area contributed by atoms with E-state index >= 15 is 0 Å². The van der Waals surface area contributed by atoms with Crippen LogP contribution in [0.25, 0.3) is 0 Å². The van der Waals surface area contributed by atoms with E-state index in [1.54, 1.807) is 48.5 Å². The van der Waals surface area contributed by atoms with Gasteiger partial charge in [0.15, 0.2) is 0 Å². The number of nitrogens with one attached hydrogen (secondary N) is 2. The number of nitrogens with zero attached hydrogens (tertiary/aromatic N) is 1. The lowest BCUT2D eigenvalue weighted by Gasteiger charge is -2.31. The van der Waals surface area contributed by atoms with Crippen LogP contribution in [0.15, 0.2) is 63.6 Å². The Hall–Kier alpha value is -3.29. The summed E-state index contributed by atoms with van der Waals surface area (Å²) < 4.78 is 11.1. The number of thioether (sulfide) groups is 1. The zero-order valence-corrected chi connectivity index (χ0v) is 20.2. The molecule has 3 rings (SSSR count). The first-order chi connectivity index (χ1) is 15.9. The summed E-state index contributed by atoms with van der Waals surface area (Å²) in [7, 11) is 2.65. The van der Waals surface area contributed by atoms with Gasteiger partial charge in [0.05, 0.1) is 36.6 Å². The molecule has 0 radical (unpaired) electrons. The highest BCUT2D eigenvalue weighted by atomic mass is 79.9. The summed E-state index contributed by atoms with van der Waals surface area (Å²) in [6, 6.07) is 16.0. The van der Waals surface area contributed by atoms with Crippen LogP contribution >= 0.6 is 27.7 Å². The van der Waals surface area contributed by atoms with Crippen LogP contribution in [-0.2, 0) is 19.1 Å². The largest absolute Gasteiger partial charge is 0.496 e. The number of methoxy groups -OCH3 is 2. The van der Waals surface area contributed by atoms with E-state index in [0.29, 0.717) is 17.0 Å². The standard InChI is InChI=1S/C23H20BrN3O5S/c1-31-17-6-4-3-5-15(17)19-16(11-25)22(27-21(29)20(19)23(30)32-2)33-12-18(28)26-14-9-7-13(24)8-10-14/h3-10,19-20H,12H2,1-2H3,(H,26,28)(H,27,29). The van der Waals surface area contributed by atoms with E-state index in [4.69, 9.17) is 9.47 Å². The van der Waals surface area contributed by atoms with E-state index in [1.165, 1.54) is 14.2 Å². The number of allylic oxidation sites excluding steroid dienone is 1. The Morgan fingerprint density at radius 3 is 2.52 bits per heavy atom. The lowest BCUT2D eigenvalue weighted by Crippen LogP contribution is -2.44. The first-order valence-corrected chi connectivity index (χ1v) is 11.5. The van der Waals surface area contributed by atoms with Gasteiger partial charge in [0.1, 0.15) is 11.7 Å². The van der Waals surface area contributed by atoms with Crippen molar-refractivity contribution in [2.24, 2.45) is 5.92 Å². The Kier molecular flexibility index (Phi) is 8.14. The van der Waals surface area contributed by atoms with Gasteiger partial charge >= 0.3 is 5.97 Å². The van der Waals surface area contributed by atoms with Gasteiger partial charge in [-0.05, 0) is 30.3 Å². The van der Waals surface area contributed by atoms with Crippen molar-refractivity contribution in [3.63, 3.8) is 0 Å². The minimum atomic E-state index is -1.28. The molecule has 8 nitrogen and oxygen atoms in total. The number of carbonyl (C=O) groups is 3. The van der Waals surface area contributed by atoms with Gasteiger partial charge in [0.2, 0.25) is 11.8 Å². The van der Waals surface area contributed by atoms with Crippen molar-refractivity contribution in [1.82, 2.24) is 5.32 Å². The maximum Gasteiger partial charge on any atom is 0.319 e. The van der Waals surface area contributed by atoms with Crippen molar-refractivity contribution >= 4 is 51.2 Å². The molecule has 2 aromatic rings. The zero-order valence-electron chi connectivity index (χ0n) is 17.8. The Morgan fingerprint density at radius 2 is 1.88 bits per heavy atom. The highest BCUT2D eigenvalue weighted by Crippen LogP contribution is 2.43. The number of benzene rings is 2. The Balaban J connectivity index is 1.92. The first-order valence-electron chi connectivity index (χ1n) is 9.73. The van der Waals surface area contributed by atoms with Crippen LogP contribution < -0.4 is 15.4 Å². The minimum Gasteiger partial charge on any atom is -0.496 e. The van der Waals surface area contributed by atoms with Crippen molar-refractivity contribution in [3.05, 3.63) is 69.2 Å². The molecule has 2 amide bonds. The summed E-state index contributed by atoms with van der Waals surface area (Å²) in [5, 5.41) is 15.5. The molecule has 2 aromatic carbocycles. The monoisotopic (exact) mass is 529 g/mol. The summed E-state index contributed by atoms with van der Waals surface area (Å²) in [4.78, 5) is 37.8. The van der Waals surface area contributed by atoms with Crippen molar-refractivity contribution in [2.45, 2.75) is 5.92 Å². The number of halogens is 1. The number of nitriles is 1. The number of rotatable bonds is 7. The third-order valence-electron chi connectivity index (χ3n) is 4.93. The Bertz CT molecular complexity index is 1140. The lowest BCUT2D eigenvalue weighted by molar-refractivity contribution is -0.150. The third-order valence-corrected chi connectivity index (χ3v) is 6.48. The Morgan fingerprint density at radius 1 is 1.18 bits per heavy atom. The number of ether oxygens (including phenoxy) is 2. The minimum absolute atomic E-state index is 0.0572. The van der Waals surface area contributed by atoms with Crippen molar-refractivity contribution in [1.29, 1.82) is 5.26 Å². The molecule has 0 bridgehead atoms. The fraction of sp³-hybridized carbons (Fsp3) is 0.217. The van der Waals surface area contributed by atoms with E-state index in [0.717, 1.165) is 16.2 Å². The molecule has 1 aliphatic heterocycles.